The number of aryl methyl sites for hydroxylation is 2. The van der Waals surface area contributed by atoms with Crippen LogP contribution in [0.15, 0.2) is 30.3 Å². The smallest absolute Gasteiger partial charge is 0.270 e. The highest BCUT2D eigenvalue weighted by Gasteiger charge is 2.34. The number of carbonyl (C=O) groups is 2. The van der Waals surface area contributed by atoms with E-state index in [0.29, 0.717) is 30.2 Å². The third-order valence-electron chi connectivity index (χ3n) is 4.07. The molecule has 0 aliphatic carbocycles. The molecule has 1 N–H and O–H groups in total. The Balaban J connectivity index is 1.73. The van der Waals surface area contributed by atoms with Gasteiger partial charge in [-0.1, -0.05) is 17.7 Å². The zero-order chi connectivity index (χ0) is 17.3. The molecule has 0 saturated carbocycles. The predicted molar refractivity (Wildman–Crippen MR) is 92.3 cm³/mol. The first-order chi connectivity index (χ1) is 11.5. The minimum absolute atomic E-state index is 0.120. The van der Waals surface area contributed by atoms with Gasteiger partial charge in [0.15, 0.2) is 0 Å². The second kappa shape index (κ2) is 6.65. The summed E-state index contributed by atoms with van der Waals surface area (Å²) in [6.45, 7) is 4.91. The zero-order valence-corrected chi connectivity index (χ0v) is 14.4. The van der Waals surface area contributed by atoms with Crippen LogP contribution in [-0.2, 0) is 11.3 Å². The van der Waals surface area contributed by atoms with Gasteiger partial charge in [-0.2, -0.15) is 5.10 Å². The Morgan fingerprint density at radius 2 is 2.21 bits per heavy atom. The topological polar surface area (TPSA) is 67.2 Å². The molecule has 0 bridgehead atoms. The van der Waals surface area contributed by atoms with Gasteiger partial charge in [0.05, 0.1) is 5.69 Å². The molecular formula is C17H19ClN4O2. The standard InChI is InChI=1S/C17H19ClN4O2/c1-3-22-15(9-11(2)20-22)16(23)19-14-7-8-21(17(14)24)13-6-4-5-12(18)10-13/h4-6,9-10,14H,3,7-8H2,1-2H3,(H,19,23)/t14-/m0/s1. The molecule has 1 fully saturated rings. The molecule has 3 rings (SSSR count). The molecule has 2 aromatic rings. The Kier molecular flexibility index (Phi) is 4.57. The number of aromatic nitrogens is 2. The molecule has 1 aliphatic rings. The molecule has 1 aromatic heterocycles. The van der Waals surface area contributed by atoms with Gasteiger partial charge in [-0.25, -0.2) is 0 Å². The normalized spacial score (nSPS) is 17.4. The van der Waals surface area contributed by atoms with E-state index in [0.717, 1.165) is 11.4 Å². The minimum Gasteiger partial charge on any atom is -0.339 e. The largest absolute Gasteiger partial charge is 0.339 e. The van der Waals surface area contributed by atoms with Crippen LogP contribution in [0.2, 0.25) is 5.02 Å². The van der Waals surface area contributed by atoms with Gasteiger partial charge in [0.1, 0.15) is 11.7 Å². The lowest BCUT2D eigenvalue weighted by atomic mass is 10.2. The van der Waals surface area contributed by atoms with Gasteiger partial charge in [0, 0.05) is 23.8 Å². The lowest BCUT2D eigenvalue weighted by Crippen LogP contribution is -2.42. The molecule has 0 unspecified atom stereocenters. The second-order valence-electron chi connectivity index (χ2n) is 5.77. The Morgan fingerprint density at radius 3 is 2.92 bits per heavy atom. The summed E-state index contributed by atoms with van der Waals surface area (Å²) in [7, 11) is 0. The van der Waals surface area contributed by atoms with Gasteiger partial charge in [0.2, 0.25) is 5.91 Å². The van der Waals surface area contributed by atoms with Crippen molar-refractivity contribution in [2.75, 3.05) is 11.4 Å². The van der Waals surface area contributed by atoms with Crippen LogP contribution in [0.4, 0.5) is 5.69 Å². The van der Waals surface area contributed by atoms with Crippen molar-refractivity contribution in [3.05, 3.63) is 46.7 Å². The quantitative estimate of drug-likeness (QED) is 0.924. The molecular weight excluding hydrogens is 328 g/mol. The fourth-order valence-corrected chi connectivity index (χ4v) is 3.10. The molecule has 1 atom stereocenters. The van der Waals surface area contributed by atoms with Crippen LogP contribution in [-0.4, -0.2) is 34.2 Å². The summed E-state index contributed by atoms with van der Waals surface area (Å²) >= 11 is 5.99. The summed E-state index contributed by atoms with van der Waals surface area (Å²) in [6.07, 6.45) is 0.566. The Morgan fingerprint density at radius 1 is 1.42 bits per heavy atom. The van der Waals surface area contributed by atoms with E-state index in [1.807, 2.05) is 19.9 Å². The summed E-state index contributed by atoms with van der Waals surface area (Å²) < 4.78 is 1.64. The van der Waals surface area contributed by atoms with Gasteiger partial charge in [-0.15, -0.1) is 0 Å². The highest BCUT2D eigenvalue weighted by Crippen LogP contribution is 2.24. The predicted octanol–water partition coefficient (Wildman–Crippen LogP) is 2.40. The van der Waals surface area contributed by atoms with Crippen molar-refractivity contribution in [2.24, 2.45) is 0 Å². The number of benzene rings is 1. The Hall–Kier alpha value is -2.34. The summed E-state index contributed by atoms with van der Waals surface area (Å²) in [4.78, 5) is 26.7. The lowest BCUT2D eigenvalue weighted by molar-refractivity contribution is -0.118. The molecule has 1 aliphatic heterocycles. The molecule has 24 heavy (non-hydrogen) atoms. The summed E-state index contributed by atoms with van der Waals surface area (Å²) in [5, 5.41) is 7.66. The number of amides is 2. The van der Waals surface area contributed by atoms with Crippen molar-refractivity contribution in [1.29, 1.82) is 0 Å². The molecule has 1 aromatic carbocycles. The maximum absolute atomic E-state index is 12.6. The Labute approximate surface area is 145 Å². The molecule has 7 heteroatoms. The van der Waals surface area contributed by atoms with Crippen molar-refractivity contribution in [3.8, 4) is 0 Å². The van der Waals surface area contributed by atoms with Gasteiger partial charge in [-0.3, -0.25) is 14.3 Å². The first-order valence-electron chi connectivity index (χ1n) is 7.92. The van der Waals surface area contributed by atoms with Crippen molar-refractivity contribution >= 4 is 29.1 Å². The van der Waals surface area contributed by atoms with Crippen LogP contribution in [0.3, 0.4) is 0 Å². The van der Waals surface area contributed by atoms with E-state index in [9.17, 15) is 9.59 Å². The first kappa shape index (κ1) is 16.5. The number of anilines is 1. The van der Waals surface area contributed by atoms with Crippen molar-refractivity contribution in [1.82, 2.24) is 15.1 Å². The van der Waals surface area contributed by atoms with Crippen molar-refractivity contribution in [2.45, 2.75) is 32.9 Å². The van der Waals surface area contributed by atoms with Crippen LogP contribution in [0, 0.1) is 6.92 Å². The first-order valence-corrected chi connectivity index (χ1v) is 8.29. The maximum Gasteiger partial charge on any atom is 0.270 e. The van der Waals surface area contributed by atoms with E-state index in [1.54, 1.807) is 33.8 Å². The van der Waals surface area contributed by atoms with E-state index in [1.165, 1.54) is 0 Å². The van der Waals surface area contributed by atoms with Crippen molar-refractivity contribution < 1.29 is 9.59 Å². The summed E-state index contributed by atoms with van der Waals surface area (Å²) in [5.41, 5.74) is 2.00. The number of hydrogen-bond acceptors (Lipinski definition) is 3. The van der Waals surface area contributed by atoms with Gasteiger partial charge in [0.25, 0.3) is 5.91 Å². The van der Waals surface area contributed by atoms with Crippen LogP contribution in [0.25, 0.3) is 0 Å². The van der Waals surface area contributed by atoms with Crippen LogP contribution in [0.5, 0.6) is 0 Å². The zero-order valence-electron chi connectivity index (χ0n) is 13.6. The molecule has 0 radical (unpaired) electrons. The fraction of sp³-hybridized carbons (Fsp3) is 0.353. The Bertz CT molecular complexity index is 787. The van der Waals surface area contributed by atoms with E-state index < -0.39 is 6.04 Å². The van der Waals surface area contributed by atoms with E-state index >= 15 is 0 Å². The molecule has 126 valence electrons. The second-order valence-corrected chi connectivity index (χ2v) is 6.21. The molecule has 2 heterocycles. The number of hydrogen-bond donors (Lipinski definition) is 1. The molecule has 6 nitrogen and oxygen atoms in total. The SMILES string of the molecule is CCn1nc(C)cc1C(=O)N[C@H]1CCN(c2cccc(Cl)c2)C1=O. The number of nitrogens with one attached hydrogen (secondary N) is 1. The monoisotopic (exact) mass is 346 g/mol. The number of carbonyl (C=O) groups excluding carboxylic acids is 2. The average Bonchev–Trinajstić information content (AvgIpc) is 3.11. The van der Waals surface area contributed by atoms with Gasteiger partial charge >= 0.3 is 0 Å². The van der Waals surface area contributed by atoms with Crippen LogP contribution >= 0.6 is 11.6 Å². The molecule has 2 amide bonds. The highest BCUT2D eigenvalue weighted by molar-refractivity contribution is 6.31. The van der Waals surface area contributed by atoms with E-state index in [4.69, 9.17) is 11.6 Å². The summed E-state index contributed by atoms with van der Waals surface area (Å²) in [6, 6.07) is 8.35. The molecule has 1 saturated heterocycles. The van der Waals surface area contributed by atoms with Gasteiger partial charge in [-0.05, 0) is 44.5 Å². The molecule has 0 spiro atoms. The fourth-order valence-electron chi connectivity index (χ4n) is 2.92. The van der Waals surface area contributed by atoms with Crippen LogP contribution < -0.4 is 10.2 Å². The number of halogens is 1. The van der Waals surface area contributed by atoms with E-state index in [2.05, 4.69) is 10.4 Å². The van der Waals surface area contributed by atoms with E-state index in [-0.39, 0.29) is 11.8 Å². The lowest BCUT2D eigenvalue weighted by Gasteiger charge is -2.17. The average molecular weight is 347 g/mol. The van der Waals surface area contributed by atoms with Gasteiger partial charge < -0.3 is 10.2 Å². The highest BCUT2D eigenvalue weighted by atomic mass is 35.5. The maximum atomic E-state index is 12.6. The number of rotatable bonds is 4. The minimum atomic E-state index is -0.531. The number of nitrogens with zero attached hydrogens (tertiary/aromatic N) is 3. The summed E-state index contributed by atoms with van der Waals surface area (Å²) in [5.74, 6) is -0.395. The third-order valence-corrected chi connectivity index (χ3v) is 4.30. The van der Waals surface area contributed by atoms with Crippen LogP contribution in [0.1, 0.15) is 29.5 Å². The third kappa shape index (κ3) is 3.14. The van der Waals surface area contributed by atoms with Crippen molar-refractivity contribution in [3.63, 3.8) is 0 Å².